The van der Waals surface area contributed by atoms with Gasteiger partial charge < -0.3 is 15.4 Å². The van der Waals surface area contributed by atoms with Crippen LogP contribution in [0.3, 0.4) is 0 Å². The number of hydrogen-bond donors (Lipinski definition) is 2. The first-order chi connectivity index (χ1) is 19.2. The highest BCUT2D eigenvalue weighted by Gasteiger charge is 2.44. The van der Waals surface area contributed by atoms with Crippen molar-refractivity contribution in [3.05, 3.63) is 59.7 Å². The predicted molar refractivity (Wildman–Crippen MR) is 139 cm³/mol. The molecule has 5 rings (SSSR count). The Kier molecular flexibility index (Phi) is 8.22. The second-order valence-electron chi connectivity index (χ2n) is 11.0. The number of alkyl carbamates (subject to hydrolysis) is 1. The van der Waals surface area contributed by atoms with Crippen molar-refractivity contribution in [3.8, 4) is 0 Å². The summed E-state index contributed by atoms with van der Waals surface area (Å²) in [5, 5.41) is 9.86. The molecule has 40 heavy (non-hydrogen) atoms. The molecule has 0 spiro atoms. The Labute approximate surface area is 229 Å². The van der Waals surface area contributed by atoms with Crippen molar-refractivity contribution >= 4 is 17.8 Å². The van der Waals surface area contributed by atoms with Crippen molar-refractivity contribution in [2.45, 2.75) is 64.3 Å². The SMILES string of the molecule is CC1CCC([C@H](NC(=O)OCc2ccccc2)c2cn3nc(C[C@H]4C[C@H](C(F)(F)F)CNC4=O)cnc3n2)CC1. The number of imidazole rings is 1. The van der Waals surface area contributed by atoms with Gasteiger partial charge in [0.2, 0.25) is 5.91 Å². The maximum atomic E-state index is 13.2. The van der Waals surface area contributed by atoms with Crippen LogP contribution in [0.15, 0.2) is 42.7 Å². The minimum absolute atomic E-state index is 0.0306. The number of carbonyl (C=O) groups excluding carboxylic acids is 2. The summed E-state index contributed by atoms with van der Waals surface area (Å²) in [6.07, 6.45) is 1.86. The molecule has 9 nitrogen and oxygen atoms in total. The van der Waals surface area contributed by atoms with Crippen LogP contribution in [0.4, 0.5) is 18.0 Å². The molecule has 3 heterocycles. The van der Waals surface area contributed by atoms with Crippen molar-refractivity contribution < 1.29 is 27.5 Å². The molecule has 2 amide bonds. The number of amides is 2. The number of nitrogens with one attached hydrogen (secondary N) is 2. The summed E-state index contributed by atoms with van der Waals surface area (Å²) in [5.41, 5.74) is 1.85. The molecular formula is C28H33F3N6O3. The molecule has 0 unspecified atom stereocenters. The van der Waals surface area contributed by atoms with Crippen molar-refractivity contribution in [1.29, 1.82) is 0 Å². The van der Waals surface area contributed by atoms with Gasteiger partial charge in [-0.25, -0.2) is 19.3 Å². The van der Waals surface area contributed by atoms with Crippen LogP contribution in [0.2, 0.25) is 0 Å². The number of ether oxygens (including phenoxy) is 1. The molecule has 0 bridgehead atoms. The van der Waals surface area contributed by atoms with Crippen molar-refractivity contribution in [2.75, 3.05) is 6.54 Å². The quantitative estimate of drug-likeness (QED) is 0.432. The fourth-order valence-electron chi connectivity index (χ4n) is 5.60. The third-order valence-electron chi connectivity index (χ3n) is 7.97. The van der Waals surface area contributed by atoms with Gasteiger partial charge in [-0.1, -0.05) is 50.1 Å². The van der Waals surface area contributed by atoms with E-state index >= 15 is 0 Å². The highest BCUT2D eigenvalue weighted by Crippen LogP contribution is 2.37. The summed E-state index contributed by atoms with van der Waals surface area (Å²) in [7, 11) is 0. The van der Waals surface area contributed by atoms with Gasteiger partial charge in [-0.2, -0.15) is 18.3 Å². The normalized spacial score (nSPS) is 24.4. The fraction of sp³-hybridized carbons (Fsp3) is 0.536. The predicted octanol–water partition coefficient (Wildman–Crippen LogP) is 4.78. The average Bonchev–Trinajstić information content (AvgIpc) is 3.35. The average molecular weight is 559 g/mol. The number of nitrogens with zero attached hydrogens (tertiary/aromatic N) is 4. The molecule has 1 aliphatic heterocycles. The van der Waals surface area contributed by atoms with Gasteiger partial charge in [0.1, 0.15) is 6.61 Å². The van der Waals surface area contributed by atoms with E-state index in [2.05, 4.69) is 32.6 Å². The van der Waals surface area contributed by atoms with E-state index in [4.69, 9.17) is 4.74 Å². The maximum Gasteiger partial charge on any atom is 0.408 e. The van der Waals surface area contributed by atoms with E-state index < -0.39 is 42.6 Å². The molecule has 1 aliphatic carbocycles. The Bertz CT molecular complexity index is 1320. The Morgan fingerprint density at radius 1 is 1.20 bits per heavy atom. The molecule has 3 aromatic rings. The molecule has 1 saturated carbocycles. The molecule has 12 heteroatoms. The van der Waals surface area contributed by atoms with Crippen LogP contribution in [0.1, 0.15) is 62.0 Å². The molecule has 0 radical (unpaired) electrons. The first-order valence-corrected chi connectivity index (χ1v) is 13.7. The zero-order valence-electron chi connectivity index (χ0n) is 22.2. The number of halogens is 3. The molecule has 1 saturated heterocycles. The Morgan fingerprint density at radius 2 is 1.95 bits per heavy atom. The molecule has 2 aliphatic rings. The second kappa shape index (κ2) is 11.8. The van der Waals surface area contributed by atoms with E-state index in [-0.39, 0.29) is 25.4 Å². The Balaban J connectivity index is 1.32. The lowest BCUT2D eigenvalue weighted by atomic mass is 9.78. The van der Waals surface area contributed by atoms with E-state index in [0.717, 1.165) is 31.2 Å². The van der Waals surface area contributed by atoms with Gasteiger partial charge in [-0.15, -0.1) is 0 Å². The van der Waals surface area contributed by atoms with Gasteiger partial charge in [-0.3, -0.25) is 4.79 Å². The zero-order chi connectivity index (χ0) is 28.3. The van der Waals surface area contributed by atoms with E-state index in [1.165, 1.54) is 10.7 Å². The summed E-state index contributed by atoms with van der Waals surface area (Å²) >= 11 is 0. The van der Waals surface area contributed by atoms with E-state index in [9.17, 15) is 22.8 Å². The summed E-state index contributed by atoms with van der Waals surface area (Å²) in [6.45, 7) is 1.95. The molecule has 3 atom stereocenters. The number of rotatable bonds is 7. The summed E-state index contributed by atoms with van der Waals surface area (Å²) < 4.78 is 46.6. The topological polar surface area (TPSA) is 111 Å². The van der Waals surface area contributed by atoms with Gasteiger partial charge >= 0.3 is 12.3 Å². The summed E-state index contributed by atoms with van der Waals surface area (Å²) in [4.78, 5) is 34.0. The van der Waals surface area contributed by atoms with Crippen LogP contribution in [0.5, 0.6) is 0 Å². The molecule has 2 fully saturated rings. The van der Waals surface area contributed by atoms with E-state index in [1.54, 1.807) is 6.20 Å². The van der Waals surface area contributed by atoms with Gasteiger partial charge in [0.05, 0.1) is 35.7 Å². The lowest BCUT2D eigenvalue weighted by Gasteiger charge is -2.32. The standard InChI is InChI=1S/C28H33F3N6O3/c1-17-7-9-19(10-8-17)24(35-27(39)40-16-18-5-3-2-4-6-18)23-15-37-26(34-23)33-14-22(36-37)12-20-11-21(28(29,30)31)13-32-25(20)38/h2-6,14-15,17,19-21,24H,7-13,16H2,1H3,(H,32,38)(H,35,39)/t17?,19?,20-,21+,24+/m1/s1. The van der Waals surface area contributed by atoms with Crippen LogP contribution in [-0.4, -0.2) is 44.3 Å². The molecule has 1 aromatic carbocycles. The second-order valence-corrected chi connectivity index (χ2v) is 11.0. The van der Waals surface area contributed by atoms with Crippen LogP contribution in [-0.2, 0) is 22.6 Å². The number of fused-ring (bicyclic) bond motifs is 1. The first-order valence-electron chi connectivity index (χ1n) is 13.7. The first kappa shape index (κ1) is 27.9. The van der Waals surface area contributed by atoms with Crippen LogP contribution in [0, 0.1) is 23.7 Å². The number of alkyl halides is 3. The van der Waals surface area contributed by atoms with Crippen LogP contribution >= 0.6 is 0 Å². The fourth-order valence-corrected chi connectivity index (χ4v) is 5.60. The van der Waals surface area contributed by atoms with Gasteiger partial charge in [0.15, 0.2) is 0 Å². The van der Waals surface area contributed by atoms with Crippen LogP contribution < -0.4 is 10.6 Å². The molecule has 2 N–H and O–H groups in total. The Morgan fingerprint density at radius 3 is 2.67 bits per heavy atom. The van der Waals surface area contributed by atoms with Crippen molar-refractivity contribution in [2.24, 2.45) is 23.7 Å². The maximum absolute atomic E-state index is 13.2. The van der Waals surface area contributed by atoms with Gasteiger partial charge in [0, 0.05) is 18.9 Å². The van der Waals surface area contributed by atoms with E-state index in [1.807, 2.05) is 30.3 Å². The molecular weight excluding hydrogens is 525 g/mol. The number of hydrogen-bond acceptors (Lipinski definition) is 6. The van der Waals surface area contributed by atoms with Gasteiger partial charge in [-0.05, 0) is 36.7 Å². The summed E-state index contributed by atoms with van der Waals surface area (Å²) in [5.74, 6) is -1.79. The lowest BCUT2D eigenvalue weighted by Crippen LogP contribution is -2.47. The third kappa shape index (κ3) is 6.71. The highest BCUT2D eigenvalue weighted by atomic mass is 19.4. The monoisotopic (exact) mass is 558 g/mol. The van der Waals surface area contributed by atoms with E-state index in [0.29, 0.717) is 23.1 Å². The summed E-state index contributed by atoms with van der Waals surface area (Å²) in [6, 6.07) is 8.99. The van der Waals surface area contributed by atoms with Crippen LogP contribution in [0.25, 0.3) is 5.78 Å². The minimum Gasteiger partial charge on any atom is -0.445 e. The number of carbonyl (C=O) groups is 2. The zero-order valence-corrected chi connectivity index (χ0v) is 22.2. The Hall–Kier alpha value is -3.70. The minimum atomic E-state index is -4.37. The van der Waals surface area contributed by atoms with Crippen molar-refractivity contribution in [1.82, 2.24) is 30.2 Å². The third-order valence-corrected chi connectivity index (χ3v) is 7.97. The smallest absolute Gasteiger partial charge is 0.408 e. The largest absolute Gasteiger partial charge is 0.445 e. The highest BCUT2D eigenvalue weighted by molar-refractivity contribution is 5.79. The number of aromatic nitrogens is 4. The van der Waals surface area contributed by atoms with Gasteiger partial charge in [0.25, 0.3) is 5.78 Å². The lowest BCUT2D eigenvalue weighted by molar-refractivity contribution is -0.183. The number of piperidine rings is 1. The van der Waals surface area contributed by atoms with Crippen molar-refractivity contribution in [3.63, 3.8) is 0 Å². The number of benzene rings is 1. The molecule has 214 valence electrons. The molecule has 2 aromatic heterocycles.